The average molecular weight is 445 g/mol. The molecular formula is C23H25ClN2O5. The molecule has 0 aliphatic carbocycles. The van der Waals surface area contributed by atoms with Crippen molar-refractivity contribution in [3.63, 3.8) is 0 Å². The summed E-state index contributed by atoms with van der Waals surface area (Å²) in [4.78, 5) is 29.4. The number of aliphatic hydroxyl groups is 1. The molecule has 1 saturated heterocycles. The van der Waals surface area contributed by atoms with Crippen LogP contribution in [0.1, 0.15) is 17.2 Å². The molecule has 1 heterocycles. The van der Waals surface area contributed by atoms with Gasteiger partial charge in [0.15, 0.2) is 0 Å². The lowest BCUT2D eigenvalue weighted by Crippen LogP contribution is -2.35. The molecule has 0 bridgehead atoms. The van der Waals surface area contributed by atoms with Crippen molar-refractivity contribution in [1.29, 1.82) is 0 Å². The fourth-order valence-corrected chi connectivity index (χ4v) is 3.73. The maximum Gasteiger partial charge on any atom is 0.295 e. The first-order valence-electron chi connectivity index (χ1n) is 9.69. The Morgan fingerprint density at radius 1 is 1.10 bits per heavy atom. The van der Waals surface area contributed by atoms with Crippen LogP contribution in [0.25, 0.3) is 5.76 Å². The van der Waals surface area contributed by atoms with E-state index in [2.05, 4.69) is 0 Å². The van der Waals surface area contributed by atoms with Crippen LogP contribution in [0.3, 0.4) is 0 Å². The molecule has 2 aromatic carbocycles. The van der Waals surface area contributed by atoms with Crippen molar-refractivity contribution in [2.24, 2.45) is 0 Å². The van der Waals surface area contributed by atoms with Crippen LogP contribution in [-0.2, 0) is 9.59 Å². The number of likely N-dealkylation sites (tertiary alicyclic amines) is 1. The summed E-state index contributed by atoms with van der Waals surface area (Å²) in [5.74, 6) is -0.754. The van der Waals surface area contributed by atoms with Gasteiger partial charge >= 0.3 is 0 Å². The molecule has 3 rings (SSSR count). The van der Waals surface area contributed by atoms with Gasteiger partial charge in [-0.1, -0.05) is 23.7 Å². The second-order valence-electron chi connectivity index (χ2n) is 7.41. The molecule has 8 heteroatoms. The molecule has 2 aromatic rings. The van der Waals surface area contributed by atoms with E-state index in [0.717, 1.165) is 0 Å². The summed E-state index contributed by atoms with van der Waals surface area (Å²) in [7, 11) is 6.78. The lowest BCUT2D eigenvalue weighted by molar-refractivity contribution is -0.140. The third-order valence-electron chi connectivity index (χ3n) is 5.18. The molecule has 164 valence electrons. The van der Waals surface area contributed by atoms with Crippen LogP contribution in [0.5, 0.6) is 11.5 Å². The number of nitrogens with zero attached hydrogens (tertiary/aromatic N) is 2. The molecular weight excluding hydrogens is 420 g/mol. The maximum atomic E-state index is 13.0. The van der Waals surface area contributed by atoms with Gasteiger partial charge in [0.2, 0.25) is 0 Å². The molecule has 1 amide bonds. The molecule has 1 atom stereocenters. The van der Waals surface area contributed by atoms with Crippen LogP contribution >= 0.6 is 11.6 Å². The summed E-state index contributed by atoms with van der Waals surface area (Å²) in [5, 5.41) is 11.5. The van der Waals surface area contributed by atoms with Crippen molar-refractivity contribution >= 4 is 29.1 Å². The SMILES string of the molecule is COc1ccc(C2/C(=C(\O)c3cc(Cl)ccc3OC)C(=O)C(=O)N2CCN(C)C)cc1. The topological polar surface area (TPSA) is 79.3 Å². The van der Waals surface area contributed by atoms with Gasteiger partial charge in [0, 0.05) is 18.1 Å². The highest BCUT2D eigenvalue weighted by Gasteiger charge is 2.46. The van der Waals surface area contributed by atoms with Crippen LogP contribution in [0.15, 0.2) is 48.0 Å². The molecule has 0 aromatic heterocycles. The number of halogens is 1. The number of carbonyl (C=O) groups excluding carboxylic acids is 2. The maximum absolute atomic E-state index is 13.0. The Balaban J connectivity index is 2.19. The minimum absolute atomic E-state index is 0.00510. The number of ketones is 1. The number of ether oxygens (including phenoxy) is 2. The van der Waals surface area contributed by atoms with E-state index in [0.29, 0.717) is 35.2 Å². The Kier molecular flexibility index (Phi) is 6.87. The van der Waals surface area contributed by atoms with Crippen LogP contribution in [-0.4, -0.2) is 68.0 Å². The molecule has 31 heavy (non-hydrogen) atoms. The zero-order chi connectivity index (χ0) is 22.7. The fourth-order valence-electron chi connectivity index (χ4n) is 3.56. The molecule has 1 aliphatic heterocycles. The number of hydrogen-bond donors (Lipinski definition) is 1. The molecule has 0 spiro atoms. The number of methoxy groups -OCH3 is 2. The summed E-state index contributed by atoms with van der Waals surface area (Å²) < 4.78 is 10.6. The summed E-state index contributed by atoms with van der Waals surface area (Å²) in [6.45, 7) is 0.873. The first-order valence-corrected chi connectivity index (χ1v) is 10.1. The number of aliphatic hydroxyl groups excluding tert-OH is 1. The van der Waals surface area contributed by atoms with Gasteiger partial charge in [0.05, 0.1) is 31.4 Å². The smallest absolute Gasteiger partial charge is 0.295 e. The van der Waals surface area contributed by atoms with Gasteiger partial charge in [-0.05, 0) is 50.0 Å². The van der Waals surface area contributed by atoms with Crippen LogP contribution in [0.4, 0.5) is 0 Å². The van der Waals surface area contributed by atoms with Crippen molar-refractivity contribution in [1.82, 2.24) is 9.80 Å². The zero-order valence-corrected chi connectivity index (χ0v) is 18.6. The third-order valence-corrected chi connectivity index (χ3v) is 5.41. The number of hydrogen-bond acceptors (Lipinski definition) is 6. The summed E-state index contributed by atoms with van der Waals surface area (Å²) in [6.07, 6.45) is 0. The van der Waals surface area contributed by atoms with Crippen molar-refractivity contribution in [2.45, 2.75) is 6.04 Å². The van der Waals surface area contributed by atoms with E-state index in [9.17, 15) is 14.7 Å². The quantitative estimate of drug-likeness (QED) is 0.401. The van der Waals surface area contributed by atoms with Crippen molar-refractivity contribution < 1.29 is 24.2 Å². The standard InChI is InChI=1S/C23H25ClN2O5/c1-25(2)11-12-26-20(14-5-8-16(30-3)9-6-14)19(22(28)23(26)29)21(27)17-13-15(24)7-10-18(17)31-4/h5-10,13,20,27H,11-12H2,1-4H3/b21-19+. The van der Waals surface area contributed by atoms with Gasteiger partial charge in [0.1, 0.15) is 17.3 Å². The number of likely N-dealkylation sites (N-methyl/N-ethyl adjacent to an activating group) is 1. The lowest BCUT2D eigenvalue weighted by atomic mass is 9.95. The number of carbonyl (C=O) groups is 2. The van der Waals surface area contributed by atoms with E-state index in [-0.39, 0.29) is 16.9 Å². The van der Waals surface area contributed by atoms with Gasteiger partial charge < -0.3 is 24.4 Å². The monoisotopic (exact) mass is 444 g/mol. The first kappa shape index (κ1) is 22.7. The Bertz CT molecular complexity index is 1020. The highest BCUT2D eigenvalue weighted by molar-refractivity contribution is 6.46. The summed E-state index contributed by atoms with van der Waals surface area (Å²) in [5.41, 5.74) is 0.926. The van der Waals surface area contributed by atoms with Gasteiger partial charge in [-0.25, -0.2) is 0 Å². The normalized spacial score (nSPS) is 18.0. The summed E-state index contributed by atoms with van der Waals surface area (Å²) >= 11 is 6.12. The van der Waals surface area contributed by atoms with Crippen LogP contribution < -0.4 is 9.47 Å². The van der Waals surface area contributed by atoms with E-state index in [1.54, 1.807) is 43.5 Å². The van der Waals surface area contributed by atoms with Gasteiger partial charge in [-0.15, -0.1) is 0 Å². The Morgan fingerprint density at radius 3 is 2.35 bits per heavy atom. The van der Waals surface area contributed by atoms with Gasteiger partial charge in [-0.3, -0.25) is 9.59 Å². The van der Waals surface area contributed by atoms with E-state index >= 15 is 0 Å². The molecule has 0 saturated carbocycles. The Labute approximate surface area is 186 Å². The average Bonchev–Trinajstić information content (AvgIpc) is 3.01. The van der Waals surface area contributed by atoms with Crippen molar-refractivity contribution in [2.75, 3.05) is 41.4 Å². The second-order valence-corrected chi connectivity index (χ2v) is 7.85. The highest BCUT2D eigenvalue weighted by Crippen LogP contribution is 2.41. The zero-order valence-electron chi connectivity index (χ0n) is 17.9. The minimum atomic E-state index is -0.755. The predicted octanol–water partition coefficient (Wildman–Crippen LogP) is 3.34. The van der Waals surface area contributed by atoms with Gasteiger partial charge in [-0.2, -0.15) is 0 Å². The Morgan fingerprint density at radius 2 is 1.77 bits per heavy atom. The van der Waals surface area contributed by atoms with Crippen molar-refractivity contribution in [3.05, 3.63) is 64.2 Å². The van der Waals surface area contributed by atoms with Crippen LogP contribution in [0.2, 0.25) is 5.02 Å². The highest BCUT2D eigenvalue weighted by atomic mass is 35.5. The predicted molar refractivity (Wildman–Crippen MR) is 119 cm³/mol. The molecule has 1 aliphatic rings. The van der Waals surface area contributed by atoms with Crippen LogP contribution in [0, 0.1) is 0 Å². The summed E-state index contributed by atoms with van der Waals surface area (Å²) in [6, 6.07) is 11.0. The second kappa shape index (κ2) is 9.41. The molecule has 1 N–H and O–H groups in total. The van der Waals surface area contributed by atoms with Crippen molar-refractivity contribution in [3.8, 4) is 11.5 Å². The van der Waals surface area contributed by atoms with E-state index < -0.39 is 17.7 Å². The van der Waals surface area contributed by atoms with E-state index in [4.69, 9.17) is 21.1 Å². The van der Waals surface area contributed by atoms with E-state index in [1.807, 2.05) is 19.0 Å². The fraction of sp³-hybridized carbons (Fsp3) is 0.304. The van der Waals surface area contributed by atoms with E-state index in [1.165, 1.54) is 18.1 Å². The number of benzene rings is 2. The number of amides is 1. The van der Waals surface area contributed by atoms with Gasteiger partial charge in [0.25, 0.3) is 11.7 Å². The largest absolute Gasteiger partial charge is 0.507 e. The first-order chi connectivity index (χ1) is 14.8. The lowest BCUT2D eigenvalue weighted by Gasteiger charge is -2.26. The molecule has 0 radical (unpaired) electrons. The molecule has 7 nitrogen and oxygen atoms in total. The number of rotatable bonds is 7. The molecule has 1 fully saturated rings. The minimum Gasteiger partial charge on any atom is -0.507 e. The third kappa shape index (κ3) is 4.52. The Hall–Kier alpha value is -3.03. The molecule has 1 unspecified atom stereocenters. The number of Topliss-reactive ketones (excluding diaryl/α,β-unsaturated/α-hetero) is 1.